The lowest BCUT2D eigenvalue weighted by atomic mass is 10.2. The Morgan fingerprint density at radius 1 is 1.05 bits per heavy atom. The van der Waals surface area contributed by atoms with Gasteiger partial charge < -0.3 is 9.90 Å². The average Bonchev–Trinajstić information content (AvgIpc) is 2.85. The lowest BCUT2D eigenvalue weighted by Crippen LogP contribution is -2.24. The molecular weight excluding hydrogens is 568 g/mol. The third kappa shape index (κ3) is 7.88. The second-order valence-corrected chi connectivity index (χ2v) is 13.3. The fourth-order valence-corrected chi connectivity index (χ4v) is 7.78. The van der Waals surface area contributed by atoms with Crippen molar-refractivity contribution in [3.63, 3.8) is 0 Å². The van der Waals surface area contributed by atoms with Gasteiger partial charge in [0.15, 0.2) is 0 Å². The van der Waals surface area contributed by atoms with Crippen molar-refractivity contribution in [1.82, 2.24) is 4.98 Å². The fourth-order valence-electron chi connectivity index (χ4n) is 3.22. The van der Waals surface area contributed by atoms with Gasteiger partial charge in [0.25, 0.3) is 9.84 Å². The number of halogens is 3. The van der Waals surface area contributed by atoms with E-state index in [0.29, 0.717) is 28.3 Å². The van der Waals surface area contributed by atoms with E-state index in [4.69, 9.17) is 5.11 Å². The van der Waals surface area contributed by atoms with E-state index >= 15 is 0 Å². The molecule has 0 fully saturated rings. The van der Waals surface area contributed by atoms with Crippen molar-refractivity contribution < 1.29 is 36.3 Å². The van der Waals surface area contributed by atoms with Crippen molar-refractivity contribution >= 4 is 68.3 Å². The van der Waals surface area contributed by atoms with E-state index in [1.165, 1.54) is 29.6 Å². The number of carbonyl (C=O) groups is 2. The second kappa shape index (κ2) is 13.0. The molecule has 2 aromatic carbocycles. The number of rotatable bonds is 13. The molecule has 6 nitrogen and oxygen atoms in total. The minimum absolute atomic E-state index is 0.0199. The number of fused-ring (bicyclic) bond motifs is 1. The fraction of sp³-hybridized carbons (Fsp3) is 0.292. The zero-order valence-corrected chi connectivity index (χ0v) is 22.4. The smallest absolute Gasteiger partial charge is 0.481 e. The molecule has 3 aromatic rings. The largest absolute Gasteiger partial charge is 0.501 e. The Labute approximate surface area is 224 Å². The normalized spacial score (nSPS) is 12.9. The van der Waals surface area contributed by atoms with Gasteiger partial charge >= 0.3 is 11.5 Å². The molecule has 0 saturated carbocycles. The van der Waals surface area contributed by atoms with Crippen LogP contribution in [0.1, 0.15) is 28.7 Å². The van der Waals surface area contributed by atoms with Gasteiger partial charge in [0, 0.05) is 34.0 Å². The van der Waals surface area contributed by atoms with E-state index in [1.807, 2.05) is 12.1 Å². The number of thioether (sulfide) groups is 3. The first-order valence-electron chi connectivity index (χ1n) is 10.8. The summed E-state index contributed by atoms with van der Waals surface area (Å²) in [7, 11) is -5.61. The van der Waals surface area contributed by atoms with Gasteiger partial charge in [-0.3, -0.25) is 9.78 Å². The summed E-state index contributed by atoms with van der Waals surface area (Å²) in [6, 6.07) is 14.6. The summed E-state index contributed by atoms with van der Waals surface area (Å²) in [6.07, 6.45) is 1.13. The number of pyridine rings is 1. The molecule has 1 heterocycles. The predicted molar refractivity (Wildman–Crippen MR) is 142 cm³/mol. The first-order valence-corrected chi connectivity index (χ1v) is 15.4. The van der Waals surface area contributed by atoms with Crippen LogP contribution in [0.4, 0.5) is 13.2 Å². The Morgan fingerprint density at radius 3 is 2.49 bits per heavy atom. The molecule has 37 heavy (non-hydrogen) atoms. The minimum Gasteiger partial charge on any atom is -0.481 e. The van der Waals surface area contributed by atoms with Crippen LogP contribution in [0.2, 0.25) is 0 Å². The molecule has 1 aromatic heterocycles. The molecule has 3 rings (SSSR count). The maximum atomic E-state index is 13.4. The molecule has 198 valence electrons. The van der Waals surface area contributed by atoms with Gasteiger partial charge in [-0.1, -0.05) is 30.3 Å². The highest BCUT2D eigenvalue weighted by molar-refractivity contribution is 8.16. The molecule has 13 heteroatoms. The van der Waals surface area contributed by atoms with Crippen LogP contribution in [0.15, 0.2) is 64.4 Å². The zero-order valence-electron chi connectivity index (χ0n) is 19.2. The van der Waals surface area contributed by atoms with Crippen molar-refractivity contribution in [3.8, 4) is 0 Å². The molecule has 0 spiro atoms. The lowest BCUT2D eigenvalue weighted by Gasteiger charge is -2.17. The van der Waals surface area contributed by atoms with E-state index in [2.05, 4.69) is 4.98 Å². The van der Waals surface area contributed by atoms with Gasteiger partial charge in [-0.05, 0) is 29.8 Å². The second-order valence-electron chi connectivity index (χ2n) is 7.61. The number of aromatic nitrogens is 1. The zero-order chi connectivity index (χ0) is 27.1. The highest BCUT2D eigenvalue weighted by atomic mass is 32.2. The summed E-state index contributed by atoms with van der Waals surface area (Å²) in [6.45, 7) is 0. The molecule has 0 saturated heterocycles. The van der Waals surface area contributed by atoms with Crippen molar-refractivity contribution in [2.75, 3.05) is 11.5 Å². The van der Waals surface area contributed by atoms with E-state index < -0.39 is 26.2 Å². The molecule has 1 atom stereocenters. The molecule has 1 unspecified atom stereocenters. The maximum Gasteiger partial charge on any atom is 0.501 e. The van der Waals surface area contributed by atoms with E-state index in [0.717, 1.165) is 29.7 Å². The van der Waals surface area contributed by atoms with Crippen LogP contribution in [-0.2, 0) is 25.2 Å². The van der Waals surface area contributed by atoms with Gasteiger partial charge in [0.1, 0.15) is 6.29 Å². The number of benzene rings is 2. The van der Waals surface area contributed by atoms with Crippen molar-refractivity contribution in [1.29, 1.82) is 0 Å². The number of carboxylic acids is 1. The molecule has 0 bridgehead atoms. The Bertz CT molecular complexity index is 1370. The number of aliphatic carboxylic acids is 1. The highest BCUT2D eigenvalue weighted by Gasteiger charge is 2.48. The summed E-state index contributed by atoms with van der Waals surface area (Å²) < 4.78 is 64.6. The Morgan fingerprint density at radius 2 is 1.78 bits per heavy atom. The number of para-hydroxylation sites is 1. The number of hydrogen-bond acceptors (Lipinski definition) is 8. The Balaban J connectivity index is 1.88. The van der Waals surface area contributed by atoms with Crippen LogP contribution < -0.4 is 0 Å². The third-order valence-corrected chi connectivity index (χ3v) is 10.4. The van der Waals surface area contributed by atoms with Crippen molar-refractivity contribution in [3.05, 3.63) is 65.9 Å². The number of carboxylic acid groups (broad SMARTS) is 1. The molecule has 0 aliphatic heterocycles. The van der Waals surface area contributed by atoms with E-state index in [9.17, 15) is 31.2 Å². The number of sulfone groups is 1. The topological polar surface area (TPSA) is 101 Å². The highest BCUT2D eigenvalue weighted by Crippen LogP contribution is 2.42. The standard InChI is InChI=1S/C24H22F3NO5S4/c25-24(26,27)37(32,33)21-14-16-5-1-2-8-19(16)28-20(21)15-36-18-7-3-6-17(13-18)23(34-11-4-10-29)35-12-9-22(30)31/h1-3,5-8,10,13-14,23H,4,9,11-12,15H2,(H,30,31). The van der Waals surface area contributed by atoms with Crippen molar-refractivity contribution in [2.45, 2.75) is 38.5 Å². The lowest BCUT2D eigenvalue weighted by molar-refractivity contribution is -0.136. The van der Waals surface area contributed by atoms with E-state index in [1.54, 1.807) is 30.3 Å². The number of alkyl halides is 3. The van der Waals surface area contributed by atoms with Crippen LogP contribution in [0.5, 0.6) is 0 Å². The van der Waals surface area contributed by atoms with Gasteiger partial charge in [-0.15, -0.1) is 35.3 Å². The molecule has 0 radical (unpaired) electrons. The molecule has 1 N–H and O–H groups in total. The molecule has 0 aliphatic carbocycles. The predicted octanol–water partition coefficient (Wildman–Crippen LogP) is 6.35. The van der Waals surface area contributed by atoms with Crippen LogP contribution in [0, 0.1) is 0 Å². The molecule has 0 amide bonds. The number of aldehydes is 1. The minimum atomic E-state index is -5.61. The first-order chi connectivity index (χ1) is 17.5. The maximum absolute atomic E-state index is 13.4. The third-order valence-electron chi connectivity index (χ3n) is 4.95. The number of hydrogen-bond donors (Lipinski definition) is 1. The number of carbonyl (C=O) groups excluding carboxylic acids is 1. The summed E-state index contributed by atoms with van der Waals surface area (Å²) in [5.41, 5.74) is -4.42. The summed E-state index contributed by atoms with van der Waals surface area (Å²) in [5, 5.41) is 9.23. The number of nitrogens with zero attached hydrogens (tertiary/aromatic N) is 1. The Hall–Kier alpha value is -2.22. The first kappa shape index (κ1) is 29.3. The Kier molecular flexibility index (Phi) is 10.3. The summed E-state index contributed by atoms with van der Waals surface area (Å²) in [5.74, 6) is -0.120. The molecule has 0 aliphatic rings. The molecular formula is C24H22F3NO5S4. The average molecular weight is 590 g/mol. The SMILES string of the molecule is O=CCCSC(SCCC(=O)O)c1cccc(SCc2nc3ccccc3cc2S(=O)(=O)C(F)(F)F)c1. The quantitative estimate of drug-likeness (QED) is 0.106. The van der Waals surface area contributed by atoms with Crippen LogP contribution in [-0.4, -0.2) is 47.8 Å². The van der Waals surface area contributed by atoms with Gasteiger partial charge in [0.05, 0.1) is 27.1 Å². The van der Waals surface area contributed by atoms with Gasteiger partial charge in [-0.2, -0.15) is 13.2 Å². The summed E-state index contributed by atoms with van der Waals surface area (Å²) in [4.78, 5) is 25.7. The van der Waals surface area contributed by atoms with E-state index in [-0.39, 0.29) is 27.8 Å². The van der Waals surface area contributed by atoms with Crippen molar-refractivity contribution in [2.24, 2.45) is 0 Å². The van der Waals surface area contributed by atoms with Gasteiger partial charge in [-0.25, -0.2) is 8.42 Å². The summed E-state index contributed by atoms with van der Waals surface area (Å²) >= 11 is 4.07. The van der Waals surface area contributed by atoms with Crippen LogP contribution in [0.3, 0.4) is 0 Å². The van der Waals surface area contributed by atoms with Gasteiger partial charge in [0.2, 0.25) is 0 Å². The van der Waals surface area contributed by atoms with Crippen LogP contribution >= 0.6 is 35.3 Å². The monoisotopic (exact) mass is 589 g/mol. The van der Waals surface area contributed by atoms with Crippen LogP contribution in [0.25, 0.3) is 10.9 Å².